The molecular formula is C29H42ClFN6O2. The molecule has 10 heteroatoms. The molecule has 3 aliphatic rings. The molecule has 3 fully saturated rings. The second-order valence-electron chi connectivity index (χ2n) is 11.9. The highest BCUT2D eigenvalue weighted by atomic mass is 35.5. The fourth-order valence-corrected chi connectivity index (χ4v) is 6.38. The van der Waals surface area contributed by atoms with Crippen molar-refractivity contribution in [2.45, 2.75) is 59.0 Å². The maximum Gasteiger partial charge on any atom is 0.258 e. The molecule has 0 unspecified atom stereocenters. The standard InChI is InChI=1S/C29H41FN6O2.ClH/c1-20(2)36(21(3)4)28(37)24-13-23(30)5-6-25(24)38-26-15-32-19-33-27(26)35-17-29(18-35)8-11-34(12-9-29)16-22-7-10-31-14-22;/h5-6,13,15,19-22,31H,7-12,14,16-18H2,1-4H3;1H/t22-;/m0./s1. The number of rotatable bonds is 8. The molecular weight excluding hydrogens is 519 g/mol. The molecule has 1 aromatic heterocycles. The van der Waals surface area contributed by atoms with E-state index < -0.39 is 5.82 Å². The van der Waals surface area contributed by atoms with E-state index in [1.54, 1.807) is 11.1 Å². The number of piperidine rings is 1. The first kappa shape index (κ1) is 29.5. The van der Waals surface area contributed by atoms with Crippen LogP contribution in [0.5, 0.6) is 11.5 Å². The summed E-state index contributed by atoms with van der Waals surface area (Å²) in [4.78, 5) is 28.8. The Hall–Kier alpha value is -2.49. The number of carbonyl (C=O) groups excluding carboxylic acids is 1. The molecule has 0 bridgehead atoms. The minimum Gasteiger partial charge on any atom is -0.451 e. The molecule has 4 heterocycles. The van der Waals surface area contributed by atoms with Crippen LogP contribution < -0.4 is 15.0 Å². The van der Waals surface area contributed by atoms with Crippen LogP contribution in [0.25, 0.3) is 0 Å². The number of benzene rings is 1. The van der Waals surface area contributed by atoms with E-state index in [1.165, 1.54) is 50.3 Å². The van der Waals surface area contributed by atoms with Crippen molar-refractivity contribution >= 4 is 24.1 Å². The molecule has 1 atom stereocenters. The van der Waals surface area contributed by atoms with Crippen molar-refractivity contribution in [2.24, 2.45) is 11.3 Å². The molecule has 3 saturated heterocycles. The average Bonchev–Trinajstić information content (AvgIpc) is 3.37. The Kier molecular flexibility index (Phi) is 9.34. The molecule has 1 spiro atoms. The topological polar surface area (TPSA) is 73.8 Å². The SMILES string of the molecule is CC(C)N(C(=O)c1cc(F)ccc1Oc1cncnc1N1CC2(CCN(C[C@H]3CCNC3)CC2)C1)C(C)C.Cl. The first-order chi connectivity index (χ1) is 18.2. The molecule has 1 N–H and O–H groups in total. The summed E-state index contributed by atoms with van der Waals surface area (Å²) in [6.07, 6.45) is 6.84. The largest absolute Gasteiger partial charge is 0.451 e. The van der Waals surface area contributed by atoms with Crippen LogP contribution in [0.4, 0.5) is 10.2 Å². The Labute approximate surface area is 237 Å². The molecule has 8 nitrogen and oxygen atoms in total. The lowest BCUT2D eigenvalue weighted by atomic mass is 9.72. The van der Waals surface area contributed by atoms with Crippen molar-refractivity contribution in [3.63, 3.8) is 0 Å². The van der Waals surface area contributed by atoms with Gasteiger partial charge >= 0.3 is 0 Å². The van der Waals surface area contributed by atoms with Crippen LogP contribution in [-0.4, -0.2) is 83.6 Å². The van der Waals surface area contributed by atoms with Gasteiger partial charge in [-0.1, -0.05) is 0 Å². The summed E-state index contributed by atoms with van der Waals surface area (Å²) in [5.74, 6) is 1.57. The molecule has 5 rings (SSSR count). The minimum absolute atomic E-state index is 0. The zero-order chi connectivity index (χ0) is 26.9. The van der Waals surface area contributed by atoms with Gasteiger partial charge in [0.25, 0.3) is 5.91 Å². The molecule has 0 radical (unpaired) electrons. The highest BCUT2D eigenvalue weighted by Gasteiger charge is 2.46. The summed E-state index contributed by atoms with van der Waals surface area (Å²) in [5.41, 5.74) is 0.519. The Morgan fingerprint density at radius 1 is 1.18 bits per heavy atom. The van der Waals surface area contributed by atoms with E-state index in [1.807, 2.05) is 27.7 Å². The van der Waals surface area contributed by atoms with Crippen molar-refractivity contribution in [3.05, 3.63) is 42.1 Å². The predicted octanol–water partition coefficient (Wildman–Crippen LogP) is 4.60. The number of aromatic nitrogens is 2. The van der Waals surface area contributed by atoms with Crippen LogP contribution in [0.2, 0.25) is 0 Å². The minimum atomic E-state index is -0.474. The van der Waals surface area contributed by atoms with Gasteiger partial charge in [0.05, 0.1) is 11.8 Å². The molecule has 3 aliphatic heterocycles. The zero-order valence-electron chi connectivity index (χ0n) is 23.5. The van der Waals surface area contributed by atoms with Crippen LogP contribution in [0, 0.1) is 17.2 Å². The summed E-state index contributed by atoms with van der Waals surface area (Å²) >= 11 is 0. The molecule has 39 heavy (non-hydrogen) atoms. The third-order valence-electron chi connectivity index (χ3n) is 8.35. The molecule has 1 amide bonds. The third kappa shape index (κ3) is 6.47. The van der Waals surface area contributed by atoms with Crippen molar-refractivity contribution < 1.29 is 13.9 Å². The van der Waals surface area contributed by atoms with Crippen LogP contribution in [0.3, 0.4) is 0 Å². The smallest absolute Gasteiger partial charge is 0.258 e. The van der Waals surface area contributed by atoms with Crippen molar-refractivity contribution in [1.82, 2.24) is 25.1 Å². The Morgan fingerprint density at radius 3 is 2.54 bits per heavy atom. The van der Waals surface area contributed by atoms with E-state index in [2.05, 4.69) is 25.1 Å². The number of ether oxygens (including phenoxy) is 1. The maximum absolute atomic E-state index is 14.3. The number of likely N-dealkylation sites (tertiary alicyclic amines) is 1. The second-order valence-corrected chi connectivity index (χ2v) is 11.9. The van der Waals surface area contributed by atoms with Crippen molar-refractivity contribution in [1.29, 1.82) is 0 Å². The summed E-state index contributed by atoms with van der Waals surface area (Å²) in [6, 6.07) is 4.03. The highest BCUT2D eigenvalue weighted by Crippen LogP contribution is 2.45. The third-order valence-corrected chi connectivity index (χ3v) is 8.35. The van der Waals surface area contributed by atoms with Crippen molar-refractivity contribution in [3.8, 4) is 11.5 Å². The van der Waals surface area contributed by atoms with Crippen molar-refractivity contribution in [2.75, 3.05) is 50.7 Å². The normalized spacial score (nSPS) is 20.7. The quantitative estimate of drug-likeness (QED) is 0.506. The zero-order valence-corrected chi connectivity index (χ0v) is 24.3. The van der Waals surface area contributed by atoms with Gasteiger partial charge in [-0.05, 0) is 97.3 Å². The van der Waals surface area contributed by atoms with Gasteiger partial charge in [-0.2, -0.15) is 0 Å². The fraction of sp³-hybridized carbons (Fsp3) is 0.621. The Bertz CT molecular complexity index is 1120. The number of nitrogens with zero attached hydrogens (tertiary/aromatic N) is 5. The molecule has 0 saturated carbocycles. The van der Waals surface area contributed by atoms with Gasteiger partial charge in [0.15, 0.2) is 11.6 Å². The molecule has 0 aliphatic carbocycles. The lowest BCUT2D eigenvalue weighted by Gasteiger charge is -2.54. The number of amides is 1. The van der Waals surface area contributed by atoms with E-state index in [0.29, 0.717) is 16.9 Å². The summed E-state index contributed by atoms with van der Waals surface area (Å²) in [5, 5.41) is 3.48. The van der Waals surface area contributed by atoms with E-state index in [0.717, 1.165) is 51.0 Å². The Morgan fingerprint density at radius 2 is 1.90 bits per heavy atom. The van der Waals surface area contributed by atoms with E-state index in [4.69, 9.17) is 4.74 Å². The number of carbonyl (C=O) groups is 1. The predicted molar refractivity (Wildman–Crippen MR) is 153 cm³/mol. The van der Waals surface area contributed by atoms with Gasteiger partial charge in [0.2, 0.25) is 0 Å². The molecule has 214 valence electrons. The van der Waals surface area contributed by atoms with E-state index >= 15 is 0 Å². The monoisotopic (exact) mass is 560 g/mol. The van der Waals surface area contributed by atoms with Gasteiger partial charge in [-0.15, -0.1) is 12.4 Å². The average molecular weight is 561 g/mol. The number of hydrogen-bond acceptors (Lipinski definition) is 7. The number of halogens is 2. The molecule has 1 aromatic carbocycles. The van der Waals surface area contributed by atoms with Crippen LogP contribution in [0.1, 0.15) is 57.3 Å². The second kappa shape index (κ2) is 12.4. The summed E-state index contributed by atoms with van der Waals surface area (Å²) < 4.78 is 20.5. The number of hydrogen-bond donors (Lipinski definition) is 1. The first-order valence-corrected chi connectivity index (χ1v) is 14.0. The maximum atomic E-state index is 14.3. The highest BCUT2D eigenvalue weighted by molar-refractivity contribution is 5.97. The summed E-state index contributed by atoms with van der Waals surface area (Å²) in [6.45, 7) is 15.5. The van der Waals surface area contributed by atoms with Gasteiger partial charge in [0, 0.05) is 37.1 Å². The Balaban J connectivity index is 0.00000353. The van der Waals surface area contributed by atoms with Crippen LogP contribution >= 0.6 is 12.4 Å². The number of nitrogens with one attached hydrogen (secondary N) is 1. The van der Waals surface area contributed by atoms with Gasteiger partial charge in [0.1, 0.15) is 17.9 Å². The van der Waals surface area contributed by atoms with Gasteiger partial charge in [-0.3, -0.25) is 4.79 Å². The number of anilines is 1. The molecule has 2 aromatic rings. The lowest BCUT2D eigenvalue weighted by molar-refractivity contribution is 0.0640. The van der Waals surface area contributed by atoms with Crippen LogP contribution in [0.15, 0.2) is 30.7 Å². The first-order valence-electron chi connectivity index (χ1n) is 14.0. The van der Waals surface area contributed by atoms with Crippen LogP contribution in [-0.2, 0) is 0 Å². The fourth-order valence-electron chi connectivity index (χ4n) is 6.38. The van der Waals surface area contributed by atoms with E-state index in [-0.39, 0.29) is 36.0 Å². The van der Waals surface area contributed by atoms with Gasteiger partial charge in [-0.25, -0.2) is 14.4 Å². The van der Waals surface area contributed by atoms with Gasteiger partial charge < -0.3 is 24.8 Å². The summed E-state index contributed by atoms with van der Waals surface area (Å²) in [7, 11) is 0. The lowest BCUT2D eigenvalue weighted by Crippen LogP contribution is -2.61. The van der Waals surface area contributed by atoms with E-state index in [9.17, 15) is 9.18 Å².